The molecule has 0 fully saturated rings. The zero-order valence-corrected chi connectivity index (χ0v) is 4.42. The highest BCUT2D eigenvalue weighted by molar-refractivity contribution is 6.03. The molecule has 0 saturated heterocycles. The van der Waals surface area contributed by atoms with Crippen molar-refractivity contribution in [3.63, 3.8) is 0 Å². The van der Waals surface area contributed by atoms with Crippen LogP contribution in [0.2, 0.25) is 0 Å². The Bertz CT molecular complexity index is 196. The van der Waals surface area contributed by atoms with Crippen molar-refractivity contribution in [1.29, 1.82) is 0 Å². The van der Waals surface area contributed by atoms with Gasteiger partial charge in [-0.2, -0.15) is 5.32 Å². The van der Waals surface area contributed by atoms with E-state index in [0.29, 0.717) is 0 Å². The molecule has 5 heteroatoms. The molecule has 3 amide bonds. The van der Waals surface area contributed by atoms with E-state index >= 15 is 0 Å². The highest BCUT2D eigenvalue weighted by atomic mass is 16.2. The average molecular weight is 126 g/mol. The molecule has 1 aliphatic heterocycles. The van der Waals surface area contributed by atoms with Gasteiger partial charge in [-0.15, -0.1) is 0 Å². The largest absolute Gasteiger partial charge is 0.385 e. The Kier molecular flexibility index (Phi) is 1.11. The molecule has 9 heavy (non-hydrogen) atoms. The molecule has 1 aliphatic rings. The highest BCUT2D eigenvalue weighted by Crippen LogP contribution is 1.86. The average Bonchev–Trinajstić information content (AvgIpc) is 1.59. The van der Waals surface area contributed by atoms with E-state index in [4.69, 9.17) is 5.73 Å². The van der Waals surface area contributed by atoms with E-state index in [1.54, 1.807) is 0 Å². The third-order valence-electron chi connectivity index (χ3n) is 0.742. The Morgan fingerprint density at radius 2 is 2.22 bits per heavy atom. The van der Waals surface area contributed by atoms with Gasteiger partial charge >= 0.3 is 6.03 Å². The molecule has 0 aromatic rings. The Hall–Kier alpha value is -1.52. The first kappa shape index (κ1) is 5.61. The maximum atomic E-state index is 10.3. The van der Waals surface area contributed by atoms with Gasteiger partial charge in [0, 0.05) is 6.08 Å². The number of nitrogens with two attached hydrogens (primary N) is 1. The lowest BCUT2D eigenvalue weighted by Gasteiger charge is -2.06. The number of hydrogen-bond acceptors (Lipinski definition) is 3. The summed E-state index contributed by atoms with van der Waals surface area (Å²) in [6.45, 7) is 0. The molecule has 0 spiro atoms. The van der Waals surface area contributed by atoms with Crippen LogP contribution in [-0.4, -0.2) is 11.9 Å². The van der Waals surface area contributed by atoms with Gasteiger partial charge in [0.05, 0.1) is 0 Å². The van der Waals surface area contributed by atoms with Crippen LogP contribution in [0.5, 0.6) is 0 Å². The van der Waals surface area contributed by atoms with Crippen molar-refractivity contribution in [3.05, 3.63) is 11.9 Å². The second-order valence-corrected chi connectivity index (χ2v) is 1.48. The van der Waals surface area contributed by atoms with Gasteiger partial charge in [0.2, 0.25) is 0 Å². The molecular weight excluding hydrogens is 122 g/mol. The molecule has 0 aromatic heterocycles. The van der Waals surface area contributed by atoms with Gasteiger partial charge in [-0.3, -0.25) is 10.1 Å². The minimum absolute atomic E-state index is 0.0417. The van der Waals surface area contributed by atoms with Gasteiger partial charge in [0.1, 0.15) is 5.82 Å². The first-order valence-electron chi connectivity index (χ1n) is 2.22. The number of carbonyl (C=O) groups is 2. The van der Waals surface area contributed by atoms with E-state index in [1.807, 2.05) is 0 Å². The number of rotatable bonds is 0. The third kappa shape index (κ3) is 1.18. The van der Waals surface area contributed by atoms with Crippen molar-refractivity contribution in [1.82, 2.24) is 10.6 Å². The lowest BCUT2D eigenvalue weighted by Crippen LogP contribution is -2.40. The number of nitrogens with zero attached hydrogens (tertiary/aromatic N) is 1. The summed E-state index contributed by atoms with van der Waals surface area (Å²) in [4.78, 5) is 20.6. The molecule has 0 bridgehead atoms. The summed E-state index contributed by atoms with van der Waals surface area (Å²) in [7, 11) is 0. The molecule has 1 rings (SSSR count). The standard InChI is InChI=1S/C4H4N3O2/c5-2-1-3(8)7-4(9)6-2/h1H,5H2,(H,6,9). The Morgan fingerprint density at radius 3 is 2.67 bits per heavy atom. The van der Waals surface area contributed by atoms with E-state index in [-0.39, 0.29) is 5.82 Å². The molecule has 1 radical (unpaired) electrons. The molecule has 0 aromatic carbocycles. The summed E-state index contributed by atoms with van der Waals surface area (Å²) in [5.74, 6) is -0.573. The molecular formula is C4H4N3O2. The van der Waals surface area contributed by atoms with Crippen molar-refractivity contribution in [2.75, 3.05) is 0 Å². The zero-order chi connectivity index (χ0) is 6.85. The van der Waals surface area contributed by atoms with Gasteiger partial charge in [-0.05, 0) is 0 Å². The minimum Gasteiger partial charge on any atom is -0.385 e. The molecule has 5 nitrogen and oxygen atoms in total. The van der Waals surface area contributed by atoms with E-state index in [9.17, 15) is 9.59 Å². The fourth-order valence-electron chi connectivity index (χ4n) is 0.453. The van der Waals surface area contributed by atoms with Crippen molar-refractivity contribution in [2.24, 2.45) is 5.73 Å². The molecule has 47 valence electrons. The van der Waals surface area contributed by atoms with Crippen molar-refractivity contribution < 1.29 is 9.59 Å². The number of nitrogens with one attached hydrogen (secondary N) is 1. The number of imide groups is 1. The fourth-order valence-corrected chi connectivity index (χ4v) is 0.453. The first-order valence-corrected chi connectivity index (χ1v) is 2.22. The lowest BCUT2D eigenvalue weighted by atomic mass is 10.4. The predicted molar refractivity (Wildman–Crippen MR) is 27.9 cm³/mol. The van der Waals surface area contributed by atoms with Gasteiger partial charge in [0.25, 0.3) is 5.91 Å². The summed E-state index contributed by atoms with van der Waals surface area (Å²) >= 11 is 0. The number of amides is 3. The van der Waals surface area contributed by atoms with Gasteiger partial charge in [0.15, 0.2) is 0 Å². The zero-order valence-electron chi connectivity index (χ0n) is 4.42. The smallest absolute Gasteiger partial charge is 0.349 e. The monoisotopic (exact) mass is 126 g/mol. The summed E-state index contributed by atoms with van der Waals surface area (Å²) in [5, 5.41) is 5.11. The topological polar surface area (TPSA) is 86.3 Å². The Labute approximate surface area is 50.9 Å². The Morgan fingerprint density at radius 1 is 1.56 bits per heavy atom. The van der Waals surface area contributed by atoms with Crippen LogP contribution in [0, 0.1) is 0 Å². The second kappa shape index (κ2) is 1.77. The molecule has 0 aliphatic carbocycles. The van der Waals surface area contributed by atoms with E-state index in [2.05, 4.69) is 10.6 Å². The van der Waals surface area contributed by atoms with Crippen LogP contribution in [0.15, 0.2) is 11.9 Å². The first-order chi connectivity index (χ1) is 4.18. The quantitative estimate of drug-likeness (QED) is 0.420. The molecule has 0 saturated carbocycles. The maximum absolute atomic E-state index is 10.3. The molecule has 3 N–H and O–H groups in total. The van der Waals surface area contributed by atoms with Crippen LogP contribution in [-0.2, 0) is 4.79 Å². The van der Waals surface area contributed by atoms with E-state index in [0.717, 1.165) is 6.08 Å². The predicted octanol–water partition coefficient (Wildman–Crippen LogP) is -1.36. The minimum atomic E-state index is -0.708. The molecule has 0 atom stereocenters. The number of urea groups is 1. The fraction of sp³-hybridized carbons (Fsp3) is 0. The van der Waals surface area contributed by atoms with Crippen LogP contribution in [0.4, 0.5) is 4.79 Å². The lowest BCUT2D eigenvalue weighted by molar-refractivity contribution is -0.116. The van der Waals surface area contributed by atoms with Crippen LogP contribution in [0.25, 0.3) is 0 Å². The number of carbonyl (C=O) groups excluding carboxylic acids is 2. The summed E-state index contributed by atoms with van der Waals surface area (Å²) < 4.78 is 0. The van der Waals surface area contributed by atoms with Gasteiger partial charge in [-0.25, -0.2) is 4.79 Å². The maximum Gasteiger partial charge on any atom is 0.349 e. The second-order valence-electron chi connectivity index (χ2n) is 1.48. The normalized spacial score (nSPS) is 18.0. The van der Waals surface area contributed by atoms with Crippen molar-refractivity contribution in [2.45, 2.75) is 0 Å². The van der Waals surface area contributed by atoms with Crippen LogP contribution in [0.1, 0.15) is 0 Å². The van der Waals surface area contributed by atoms with Crippen molar-refractivity contribution in [3.8, 4) is 0 Å². The highest BCUT2D eigenvalue weighted by Gasteiger charge is 2.14. The third-order valence-corrected chi connectivity index (χ3v) is 0.742. The number of hydrogen-bond donors (Lipinski definition) is 2. The van der Waals surface area contributed by atoms with E-state index < -0.39 is 11.9 Å². The SMILES string of the molecule is NC1=CC(=O)[N]C(=O)N1. The van der Waals surface area contributed by atoms with Crippen molar-refractivity contribution >= 4 is 11.9 Å². The van der Waals surface area contributed by atoms with Gasteiger partial charge in [-0.1, -0.05) is 0 Å². The van der Waals surface area contributed by atoms with Crippen LogP contribution in [0.3, 0.4) is 0 Å². The summed E-state index contributed by atoms with van der Waals surface area (Å²) in [5.41, 5.74) is 5.06. The Balaban J connectivity index is 2.79. The van der Waals surface area contributed by atoms with E-state index in [1.165, 1.54) is 0 Å². The van der Waals surface area contributed by atoms with Gasteiger partial charge < -0.3 is 5.73 Å². The summed E-state index contributed by atoms with van der Waals surface area (Å²) in [6, 6.07) is -0.708. The molecule has 0 unspecified atom stereocenters. The van der Waals surface area contributed by atoms with Crippen LogP contribution >= 0.6 is 0 Å². The summed E-state index contributed by atoms with van der Waals surface area (Å²) in [6.07, 6.45) is 1.04. The molecule has 1 heterocycles. The van der Waals surface area contributed by atoms with Crippen LogP contribution < -0.4 is 16.4 Å².